The van der Waals surface area contributed by atoms with E-state index in [0.717, 1.165) is 37.9 Å². The molecule has 1 aliphatic heterocycles. The van der Waals surface area contributed by atoms with Crippen molar-refractivity contribution in [3.63, 3.8) is 0 Å². The van der Waals surface area contributed by atoms with Crippen LogP contribution < -0.4 is 9.47 Å². The number of ether oxygens (including phenoxy) is 2. The van der Waals surface area contributed by atoms with E-state index in [2.05, 4.69) is 15.1 Å². The minimum absolute atomic E-state index is 0.132. The molecule has 1 unspecified atom stereocenters. The fraction of sp³-hybridized carbons (Fsp3) is 0.652. The molecule has 0 aromatic carbocycles. The number of fused-ring (bicyclic) bond motifs is 2. The number of nitrogens with zero attached hydrogens (tertiary/aromatic N) is 4. The molecule has 9 nitrogen and oxygen atoms in total. The number of amides is 1. The van der Waals surface area contributed by atoms with Crippen LogP contribution in [0, 0.1) is 11.8 Å². The van der Waals surface area contributed by atoms with Crippen LogP contribution in [-0.4, -0.2) is 57.3 Å². The van der Waals surface area contributed by atoms with E-state index >= 15 is 0 Å². The molecule has 3 heterocycles. The van der Waals surface area contributed by atoms with Crippen molar-refractivity contribution in [3.05, 3.63) is 29.3 Å². The Morgan fingerprint density at radius 2 is 1.91 bits per heavy atom. The van der Waals surface area contributed by atoms with Gasteiger partial charge in [0.15, 0.2) is 5.69 Å². The van der Waals surface area contributed by atoms with Gasteiger partial charge in [0.05, 0.1) is 18.8 Å². The van der Waals surface area contributed by atoms with Crippen LogP contribution in [-0.2, 0) is 5.60 Å². The Balaban J connectivity index is 1.42. The molecule has 172 valence electrons. The second-order valence-corrected chi connectivity index (χ2v) is 8.99. The maximum atomic E-state index is 13.2. The molecule has 5 rings (SSSR count). The highest BCUT2D eigenvalue weighted by Gasteiger charge is 2.54. The lowest BCUT2D eigenvalue weighted by Gasteiger charge is -2.53. The lowest BCUT2D eigenvalue weighted by Crippen LogP contribution is -2.59. The lowest BCUT2D eigenvalue weighted by atomic mass is 9.63. The second-order valence-electron chi connectivity index (χ2n) is 8.99. The average molecular weight is 443 g/mol. The summed E-state index contributed by atoms with van der Waals surface area (Å²) in [6, 6.07) is 2.02. The monoisotopic (exact) mass is 442 g/mol. The van der Waals surface area contributed by atoms with Gasteiger partial charge >= 0.3 is 6.01 Å². The van der Waals surface area contributed by atoms with Crippen LogP contribution in [0.2, 0.25) is 0 Å². The first-order valence-corrected chi connectivity index (χ1v) is 11.7. The molecule has 1 N–H and O–H groups in total. The van der Waals surface area contributed by atoms with Gasteiger partial charge in [0.25, 0.3) is 5.91 Å². The lowest BCUT2D eigenvalue weighted by molar-refractivity contribution is -0.141. The van der Waals surface area contributed by atoms with Crippen LogP contribution in [0.4, 0.5) is 0 Å². The third kappa shape index (κ3) is 3.62. The minimum atomic E-state index is -1.16. The van der Waals surface area contributed by atoms with Crippen LogP contribution in [0.3, 0.4) is 0 Å². The second kappa shape index (κ2) is 8.35. The molecule has 1 saturated heterocycles. The van der Waals surface area contributed by atoms with Gasteiger partial charge in [-0.15, -0.1) is 0 Å². The van der Waals surface area contributed by atoms with E-state index in [9.17, 15) is 9.90 Å². The number of carbonyl (C=O) groups excluding carboxylic acids is 1. The summed E-state index contributed by atoms with van der Waals surface area (Å²) in [5, 5.41) is 16.1. The highest BCUT2D eigenvalue weighted by atomic mass is 16.5. The summed E-state index contributed by atoms with van der Waals surface area (Å²) in [6.45, 7) is 5.49. The number of hydrogen-bond donors (Lipinski definition) is 1. The molecule has 2 aliphatic carbocycles. The Hall–Kier alpha value is -2.68. The summed E-state index contributed by atoms with van der Waals surface area (Å²) in [7, 11) is 0. The van der Waals surface area contributed by atoms with E-state index < -0.39 is 5.60 Å². The Labute approximate surface area is 187 Å². The third-order valence-electron chi connectivity index (χ3n) is 6.96. The molecule has 2 aromatic rings. The molecule has 2 bridgehead atoms. The number of aliphatic hydroxyl groups is 1. The Morgan fingerprint density at radius 1 is 1.19 bits per heavy atom. The molecule has 2 aromatic heterocycles. The average Bonchev–Trinajstić information content (AvgIpc) is 3.50. The van der Waals surface area contributed by atoms with E-state index in [1.54, 1.807) is 12.3 Å². The fourth-order valence-electron chi connectivity index (χ4n) is 5.24. The Morgan fingerprint density at radius 3 is 2.56 bits per heavy atom. The van der Waals surface area contributed by atoms with Crippen molar-refractivity contribution < 1.29 is 23.9 Å². The molecular formula is C23H30N4O5. The van der Waals surface area contributed by atoms with E-state index in [1.165, 1.54) is 0 Å². The Kier molecular flexibility index (Phi) is 5.53. The van der Waals surface area contributed by atoms with Gasteiger partial charge in [0.2, 0.25) is 5.88 Å². The van der Waals surface area contributed by atoms with Crippen LogP contribution in [0.15, 0.2) is 16.8 Å². The highest BCUT2D eigenvalue weighted by molar-refractivity contribution is 5.92. The van der Waals surface area contributed by atoms with Crippen molar-refractivity contribution in [2.24, 2.45) is 11.8 Å². The predicted molar refractivity (Wildman–Crippen MR) is 113 cm³/mol. The van der Waals surface area contributed by atoms with Gasteiger partial charge in [-0.05, 0) is 39.5 Å². The maximum absolute atomic E-state index is 13.2. The van der Waals surface area contributed by atoms with Gasteiger partial charge in [-0.3, -0.25) is 4.79 Å². The standard InChI is InChI=1S/C23H30N4O5/c1-3-30-20-17(11-24-22(25-20)31-4-2)23(29)15-6-5-7-16(23)13-27(12-15)21(28)18-10-19(32-26-18)14-8-9-14/h10-11,14-16,29H,3-9,12-13H2,1-2H3/t15-,16+,23?. The third-order valence-corrected chi connectivity index (χ3v) is 6.96. The van der Waals surface area contributed by atoms with Crippen LogP contribution >= 0.6 is 0 Å². The van der Waals surface area contributed by atoms with Gasteiger partial charge in [-0.1, -0.05) is 11.6 Å². The molecule has 1 amide bonds. The molecule has 3 fully saturated rings. The number of aromatic nitrogens is 3. The zero-order chi connectivity index (χ0) is 22.3. The van der Waals surface area contributed by atoms with Gasteiger partial charge in [0, 0.05) is 43.1 Å². The molecule has 3 atom stereocenters. The van der Waals surface area contributed by atoms with Crippen LogP contribution in [0.5, 0.6) is 11.9 Å². The number of carbonyl (C=O) groups is 1. The summed E-state index contributed by atoms with van der Waals surface area (Å²) in [4.78, 5) is 23.7. The van der Waals surface area contributed by atoms with Gasteiger partial charge in [-0.2, -0.15) is 4.98 Å². The number of hydrogen-bond acceptors (Lipinski definition) is 8. The molecule has 3 aliphatic rings. The summed E-state index contributed by atoms with van der Waals surface area (Å²) < 4.78 is 16.6. The summed E-state index contributed by atoms with van der Waals surface area (Å²) in [5.74, 6) is 1.15. The topological polar surface area (TPSA) is 111 Å². The van der Waals surface area contributed by atoms with Crippen molar-refractivity contribution in [2.75, 3.05) is 26.3 Å². The summed E-state index contributed by atoms with van der Waals surface area (Å²) in [5.41, 5.74) is -0.218. The van der Waals surface area contributed by atoms with E-state index in [0.29, 0.717) is 49.4 Å². The van der Waals surface area contributed by atoms with Gasteiger partial charge in [0.1, 0.15) is 11.4 Å². The van der Waals surface area contributed by atoms with Crippen LogP contribution in [0.1, 0.15) is 73.7 Å². The van der Waals surface area contributed by atoms with E-state index in [1.807, 2.05) is 18.7 Å². The zero-order valence-corrected chi connectivity index (χ0v) is 18.6. The molecule has 0 radical (unpaired) electrons. The van der Waals surface area contributed by atoms with Gasteiger partial charge < -0.3 is 24.0 Å². The maximum Gasteiger partial charge on any atom is 0.319 e. The van der Waals surface area contributed by atoms with Crippen molar-refractivity contribution in [2.45, 2.75) is 57.5 Å². The molecule has 0 spiro atoms. The van der Waals surface area contributed by atoms with E-state index in [-0.39, 0.29) is 23.8 Å². The summed E-state index contributed by atoms with van der Waals surface area (Å²) >= 11 is 0. The van der Waals surface area contributed by atoms with Crippen molar-refractivity contribution in [1.29, 1.82) is 0 Å². The normalized spacial score (nSPS) is 27.3. The molecule has 9 heteroatoms. The zero-order valence-electron chi connectivity index (χ0n) is 18.6. The summed E-state index contributed by atoms with van der Waals surface area (Å²) in [6.07, 6.45) is 6.44. The molecular weight excluding hydrogens is 412 g/mol. The smallest absolute Gasteiger partial charge is 0.319 e. The Bertz CT molecular complexity index is 975. The van der Waals surface area contributed by atoms with Gasteiger partial charge in [-0.25, -0.2) is 4.98 Å². The number of rotatable bonds is 7. The van der Waals surface area contributed by atoms with Crippen molar-refractivity contribution in [1.82, 2.24) is 20.0 Å². The number of piperidine rings is 1. The van der Waals surface area contributed by atoms with Crippen molar-refractivity contribution >= 4 is 5.91 Å². The first-order valence-electron chi connectivity index (χ1n) is 11.7. The largest absolute Gasteiger partial charge is 0.478 e. The molecule has 2 saturated carbocycles. The predicted octanol–water partition coefficient (Wildman–Crippen LogP) is 2.90. The quantitative estimate of drug-likeness (QED) is 0.697. The van der Waals surface area contributed by atoms with Crippen LogP contribution in [0.25, 0.3) is 0 Å². The molecule has 32 heavy (non-hydrogen) atoms. The minimum Gasteiger partial charge on any atom is -0.478 e. The SMILES string of the molecule is CCOc1ncc(C2(O)[C@@H]3CCC[C@H]2CN(C(=O)c2cc(C4CC4)on2)C3)c(OCC)n1. The fourth-order valence-corrected chi connectivity index (χ4v) is 5.24. The van der Waals surface area contributed by atoms with E-state index in [4.69, 9.17) is 14.0 Å². The first-order chi connectivity index (χ1) is 15.5. The van der Waals surface area contributed by atoms with Crippen molar-refractivity contribution in [3.8, 4) is 11.9 Å². The highest BCUT2D eigenvalue weighted by Crippen LogP contribution is 2.51. The number of likely N-dealkylation sites (tertiary alicyclic amines) is 1. The first kappa shape index (κ1) is 21.2.